The molecule has 0 saturated carbocycles. The molecule has 1 aromatic rings. The van der Waals surface area contributed by atoms with Gasteiger partial charge in [-0.15, -0.1) is 0 Å². The van der Waals surface area contributed by atoms with E-state index in [1.165, 1.54) is 6.07 Å². The zero-order chi connectivity index (χ0) is 12.0. The van der Waals surface area contributed by atoms with Crippen LogP contribution in [-0.4, -0.2) is 18.5 Å². The van der Waals surface area contributed by atoms with E-state index in [0.717, 1.165) is 0 Å². The van der Waals surface area contributed by atoms with Crippen molar-refractivity contribution in [2.45, 2.75) is 20.3 Å². The molecule has 0 heterocycles. The van der Waals surface area contributed by atoms with Gasteiger partial charge < -0.3 is 9.47 Å². The first-order valence-electron chi connectivity index (χ1n) is 5.15. The van der Waals surface area contributed by atoms with Gasteiger partial charge in [0.1, 0.15) is 5.75 Å². The van der Waals surface area contributed by atoms with Crippen LogP contribution in [0.3, 0.4) is 0 Å². The Morgan fingerprint density at radius 2 is 2.00 bits per heavy atom. The van der Waals surface area contributed by atoms with Crippen LogP contribution < -0.4 is 4.74 Å². The summed E-state index contributed by atoms with van der Waals surface area (Å²) in [4.78, 5) is 22.4. The van der Waals surface area contributed by atoms with E-state index in [9.17, 15) is 9.59 Å². The highest BCUT2D eigenvalue weighted by Gasteiger charge is 2.08. The van der Waals surface area contributed by atoms with Gasteiger partial charge in [0.2, 0.25) is 0 Å². The molecule has 86 valence electrons. The molecule has 0 atom stereocenters. The average Bonchev–Trinajstić information content (AvgIpc) is 2.28. The minimum atomic E-state index is -0.761. The molecule has 0 bridgehead atoms. The van der Waals surface area contributed by atoms with E-state index in [1.54, 1.807) is 32.0 Å². The van der Waals surface area contributed by atoms with E-state index >= 15 is 0 Å². The summed E-state index contributed by atoms with van der Waals surface area (Å²) in [5.41, 5.74) is 0.532. The number of ether oxygens (including phenoxy) is 2. The quantitative estimate of drug-likeness (QED) is 0.446. The third kappa shape index (κ3) is 3.38. The predicted octanol–water partition coefficient (Wildman–Crippen LogP) is 2.81. The van der Waals surface area contributed by atoms with Crippen molar-refractivity contribution < 1.29 is 19.1 Å². The zero-order valence-corrected chi connectivity index (χ0v) is 9.36. The average molecular weight is 222 g/mol. The van der Waals surface area contributed by atoms with E-state index in [1.807, 2.05) is 0 Å². The normalized spacial score (nSPS) is 9.62. The Balaban J connectivity index is 2.74. The predicted molar refractivity (Wildman–Crippen MR) is 58.7 cm³/mol. The minimum Gasteiger partial charge on any atom is -0.434 e. The van der Waals surface area contributed by atoms with Crippen LogP contribution in [0.2, 0.25) is 0 Å². The highest BCUT2D eigenvalue weighted by Crippen LogP contribution is 2.15. The Morgan fingerprint density at radius 3 is 2.62 bits per heavy atom. The fourth-order valence-corrected chi connectivity index (χ4v) is 1.18. The third-order valence-corrected chi connectivity index (χ3v) is 1.94. The molecule has 0 aliphatic rings. The molecular weight excluding hydrogens is 208 g/mol. The third-order valence-electron chi connectivity index (χ3n) is 1.94. The van der Waals surface area contributed by atoms with Crippen LogP contribution in [0.4, 0.5) is 4.79 Å². The van der Waals surface area contributed by atoms with Crippen molar-refractivity contribution in [3.8, 4) is 5.75 Å². The number of Topliss-reactive ketones (excluding diaryl/α,β-unsaturated/α-hetero) is 1. The van der Waals surface area contributed by atoms with Crippen LogP contribution in [0.15, 0.2) is 24.3 Å². The summed E-state index contributed by atoms with van der Waals surface area (Å²) in [6.45, 7) is 3.73. The maximum atomic E-state index is 11.4. The van der Waals surface area contributed by atoms with Crippen molar-refractivity contribution in [1.29, 1.82) is 0 Å². The van der Waals surface area contributed by atoms with Gasteiger partial charge in [0, 0.05) is 12.0 Å². The maximum absolute atomic E-state index is 11.4. The van der Waals surface area contributed by atoms with Crippen molar-refractivity contribution in [1.82, 2.24) is 0 Å². The monoisotopic (exact) mass is 222 g/mol. The van der Waals surface area contributed by atoms with Crippen molar-refractivity contribution >= 4 is 11.9 Å². The number of benzene rings is 1. The Morgan fingerprint density at radius 1 is 1.25 bits per heavy atom. The molecule has 0 aliphatic carbocycles. The molecule has 1 rings (SSSR count). The van der Waals surface area contributed by atoms with Crippen LogP contribution in [0.5, 0.6) is 5.75 Å². The molecule has 0 aliphatic heterocycles. The Kier molecular flexibility index (Phi) is 4.51. The molecular formula is C12H14O4. The van der Waals surface area contributed by atoms with Gasteiger partial charge in [-0.05, 0) is 19.1 Å². The van der Waals surface area contributed by atoms with Crippen LogP contribution in [-0.2, 0) is 4.74 Å². The van der Waals surface area contributed by atoms with Crippen molar-refractivity contribution in [3.63, 3.8) is 0 Å². The van der Waals surface area contributed by atoms with Gasteiger partial charge >= 0.3 is 6.16 Å². The molecule has 0 spiro atoms. The van der Waals surface area contributed by atoms with Crippen LogP contribution in [0.25, 0.3) is 0 Å². The first-order valence-corrected chi connectivity index (χ1v) is 5.15. The first kappa shape index (κ1) is 12.2. The van der Waals surface area contributed by atoms with Gasteiger partial charge in [0.25, 0.3) is 0 Å². The van der Waals surface area contributed by atoms with E-state index in [2.05, 4.69) is 4.74 Å². The molecule has 0 fully saturated rings. The van der Waals surface area contributed by atoms with Crippen molar-refractivity contribution in [2.75, 3.05) is 6.61 Å². The lowest BCUT2D eigenvalue weighted by Crippen LogP contribution is -2.10. The number of ketones is 1. The van der Waals surface area contributed by atoms with Crippen molar-refractivity contribution in [3.05, 3.63) is 29.8 Å². The number of carbonyl (C=O) groups is 2. The molecule has 0 saturated heterocycles. The number of hydrogen-bond donors (Lipinski definition) is 0. The van der Waals surface area contributed by atoms with Crippen LogP contribution in [0, 0.1) is 0 Å². The molecule has 16 heavy (non-hydrogen) atoms. The fraction of sp³-hybridized carbons (Fsp3) is 0.333. The number of carbonyl (C=O) groups excluding carboxylic acids is 2. The summed E-state index contributed by atoms with van der Waals surface area (Å²) in [6.07, 6.45) is -0.341. The molecule has 0 unspecified atom stereocenters. The second kappa shape index (κ2) is 5.90. The van der Waals surface area contributed by atoms with E-state index < -0.39 is 6.16 Å². The van der Waals surface area contributed by atoms with Gasteiger partial charge in [-0.2, -0.15) is 0 Å². The fourth-order valence-electron chi connectivity index (χ4n) is 1.18. The van der Waals surface area contributed by atoms with Gasteiger partial charge in [-0.3, -0.25) is 4.79 Å². The first-order chi connectivity index (χ1) is 7.67. The number of rotatable bonds is 4. The second-order valence-electron chi connectivity index (χ2n) is 3.09. The Labute approximate surface area is 94.2 Å². The van der Waals surface area contributed by atoms with Crippen LogP contribution >= 0.6 is 0 Å². The largest absolute Gasteiger partial charge is 0.513 e. The highest BCUT2D eigenvalue weighted by molar-refractivity contribution is 5.96. The van der Waals surface area contributed by atoms with Gasteiger partial charge in [0.15, 0.2) is 5.78 Å². The summed E-state index contributed by atoms with van der Waals surface area (Å²) >= 11 is 0. The Hall–Kier alpha value is -1.84. The van der Waals surface area contributed by atoms with E-state index in [-0.39, 0.29) is 12.4 Å². The summed E-state index contributed by atoms with van der Waals surface area (Å²) < 4.78 is 9.50. The smallest absolute Gasteiger partial charge is 0.434 e. The van der Waals surface area contributed by atoms with E-state index in [0.29, 0.717) is 17.7 Å². The lowest BCUT2D eigenvalue weighted by molar-refractivity contribution is 0.0979. The SMILES string of the molecule is CCOC(=O)Oc1cccc(C(=O)CC)c1. The summed E-state index contributed by atoms with van der Waals surface area (Å²) in [5.74, 6) is 0.326. The topological polar surface area (TPSA) is 52.6 Å². The van der Waals surface area contributed by atoms with Crippen LogP contribution in [0.1, 0.15) is 30.6 Å². The maximum Gasteiger partial charge on any atom is 0.513 e. The lowest BCUT2D eigenvalue weighted by atomic mass is 10.1. The molecule has 0 amide bonds. The summed E-state index contributed by atoms with van der Waals surface area (Å²) in [6, 6.07) is 6.48. The van der Waals surface area contributed by atoms with E-state index in [4.69, 9.17) is 4.74 Å². The highest BCUT2D eigenvalue weighted by atomic mass is 16.7. The molecule has 0 radical (unpaired) electrons. The lowest BCUT2D eigenvalue weighted by Gasteiger charge is -2.05. The molecule has 0 aromatic heterocycles. The second-order valence-corrected chi connectivity index (χ2v) is 3.09. The Bertz CT molecular complexity index is 384. The zero-order valence-electron chi connectivity index (χ0n) is 9.36. The van der Waals surface area contributed by atoms with Gasteiger partial charge in [-0.25, -0.2) is 4.79 Å². The molecule has 1 aromatic carbocycles. The minimum absolute atomic E-state index is 0.00862. The molecule has 0 N–H and O–H groups in total. The van der Waals surface area contributed by atoms with Gasteiger partial charge in [-0.1, -0.05) is 19.1 Å². The molecule has 4 heteroatoms. The number of hydrogen-bond acceptors (Lipinski definition) is 4. The van der Waals surface area contributed by atoms with Crippen molar-refractivity contribution in [2.24, 2.45) is 0 Å². The van der Waals surface area contributed by atoms with Gasteiger partial charge in [0.05, 0.1) is 6.61 Å². The summed E-state index contributed by atoms with van der Waals surface area (Å²) in [7, 11) is 0. The summed E-state index contributed by atoms with van der Waals surface area (Å²) in [5, 5.41) is 0. The molecule has 4 nitrogen and oxygen atoms in total. The standard InChI is InChI=1S/C12H14O4/c1-3-11(13)9-6-5-7-10(8-9)16-12(14)15-4-2/h5-8H,3-4H2,1-2H3.